The summed E-state index contributed by atoms with van der Waals surface area (Å²) in [6.07, 6.45) is 1.92. The van der Waals surface area contributed by atoms with Crippen LogP contribution in [0.25, 0.3) is 0 Å². The predicted molar refractivity (Wildman–Crippen MR) is 80.7 cm³/mol. The molecule has 1 aromatic carbocycles. The van der Waals surface area contributed by atoms with Gasteiger partial charge in [-0.25, -0.2) is 4.79 Å². The Balaban J connectivity index is 2.73. The molecule has 0 spiro atoms. The van der Waals surface area contributed by atoms with Crippen molar-refractivity contribution in [1.29, 1.82) is 0 Å². The Morgan fingerprint density at radius 3 is 2.57 bits per heavy atom. The van der Waals surface area contributed by atoms with E-state index in [2.05, 4.69) is 9.73 Å². The number of benzene rings is 1. The van der Waals surface area contributed by atoms with E-state index in [0.717, 1.165) is 5.56 Å². The van der Waals surface area contributed by atoms with Gasteiger partial charge in [0.05, 0.1) is 13.7 Å². The summed E-state index contributed by atoms with van der Waals surface area (Å²) in [6.45, 7) is 1.99. The average Bonchev–Trinajstić information content (AvgIpc) is 2.48. The van der Waals surface area contributed by atoms with Gasteiger partial charge >= 0.3 is 11.9 Å². The van der Waals surface area contributed by atoms with Gasteiger partial charge in [-0.3, -0.25) is 9.79 Å². The maximum absolute atomic E-state index is 11.8. The number of ether oxygens (including phenoxy) is 2. The fourth-order valence-electron chi connectivity index (χ4n) is 1.57. The second-order valence-corrected chi connectivity index (χ2v) is 4.65. The first-order valence-corrected chi connectivity index (χ1v) is 6.96. The summed E-state index contributed by atoms with van der Waals surface area (Å²) in [5, 5.41) is 0.625. The Morgan fingerprint density at radius 2 is 2.00 bits per heavy atom. The molecule has 0 aliphatic rings. The van der Waals surface area contributed by atoms with E-state index in [0.29, 0.717) is 5.02 Å². The topological polar surface area (TPSA) is 65.0 Å². The lowest BCUT2D eigenvalue weighted by molar-refractivity contribution is -0.145. The molecule has 0 radical (unpaired) electrons. The molecule has 114 valence electrons. The maximum Gasteiger partial charge on any atom is 0.330 e. The van der Waals surface area contributed by atoms with Gasteiger partial charge in [-0.2, -0.15) is 0 Å². The number of hydrogen-bond donors (Lipinski definition) is 0. The molecule has 0 amide bonds. The number of carbonyl (C=O) groups is 2. The molecule has 1 rings (SSSR count). The molecule has 21 heavy (non-hydrogen) atoms. The maximum atomic E-state index is 11.8. The first kappa shape index (κ1) is 17.2. The summed E-state index contributed by atoms with van der Waals surface area (Å²) in [7, 11) is 1.30. The van der Waals surface area contributed by atoms with E-state index in [4.69, 9.17) is 16.3 Å². The summed E-state index contributed by atoms with van der Waals surface area (Å²) < 4.78 is 9.51. The third kappa shape index (κ3) is 6.40. The lowest BCUT2D eigenvalue weighted by Gasteiger charge is -2.10. The number of nitrogens with zero attached hydrogens (tertiary/aromatic N) is 1. The van der Waals surface area contributed by atoms with Crippen LogP contribution in [0.3, 0.4) is 0 Å². The molecular weight excluding hydrogens is 294 g/mol. The minimum atomic E-state index is -0.722. The van der Waals surface area contributed by atoms with Gasteiger partial charge in [0, 0.05) is 17.7 Å². The molecule has 0 saturated heterocycles. The van der Waals surface area contributed by atoms with Crippen LogP contribution in [-0.4, -0.2) is 37.9 Å². The summed E-state index contributed by atoms with van der Waals surface area (Å²) in [4.78, 5) is 27.2. The first-order chi connectivity index (χ1) is 10.1. The molecule has 0 N–H and O–H groups in total. The van der Waals surface area contributed by atoms with Crippen LogP contribution in [-0.2, 0) is 19.1 Å². The Kier molecular flexibility index (Phi) is 7.46. The van der Waals surface area contributed by atoms with E-state index in [1.807, 2.05) is 0 Å². The molecule has 0 aliphatic heterocycles. The minimum absolute atomic E-state index is 0.109. The summed E-state index contributed by atoms with van der Waals surface area (Å²) in [6, 6.07) is 6.32. The van der Waals surface area contributed by atoms with Crippen molar-refractivity contribution >= 4 is 29.8 Å². The minimum Gasteiger partial charge on any atom is -0.469 e. The van der Waals surface area contributed by atoms with Crippen LogP contribution < -0.4 is 0 Å². The standard InChI is InChI=1S/C15H18ClNO4/c1-3-21-15(19)13(8-9-14(18)20-2)17-10-11-4-6-12(16)7-5-11/h4-7,10,13H,3,8-9H2,1-2H3. The highest BCUT2D eigenvalue weighted by Gasteiger charge is 2.19. The zero-order valence-corrected chi connectivity index (χ0v) is 12.8. The average molecular weight is 312 g/mol. The third-order valence-electron chi connectivity index (χ3n) is 2.68. The smallest absolute Gasteiger partial charge is 0.330 e. The Morgan fingerprint density at radius 1 is 1.33 bits per heavy atom. The number of carbonyl (C=O) groups excluding carboxylic acids is 2. The van der Waals surface area contributed by atoms with Crippen molar-refractivity contribution in [3.63, 3.8) is 0 Å². The molecule has 0 heterocycles. The van der Waals surface area contributed by atoms with Crippen LogP contribution in [0, 0.1) is 0 Å². The van der Waals surface area contributed by atoms with Gasteiger partial charge in [0.1, 0.15) is 6.04 Å². The molecule has 1 atom stereocenters. The zero-order valence-electron chi connectivity index (χ0n) is 12.0. The van der Waals surface area contributed by atoms with Crippen LogP contribution in [0.5, 0.6) is 0 Å². The Hall–Kier alpha value is -1.88. The molecule has 0 aliphatic carbocycles. The third-order valence-corrected chi connectivity index (χ3v) is 2.93. The van der Waals surface area contributed by atoms with Gasteiger partial charge in [0.15, 0.2) is 0 Å². The lowest BCUT2D eigenvalue weighted by Crippen LogP contribution is -2.23. The number of rotatable bonds is 7. The summed E-state index contributed by atoms with van der Waals surface area (Å²) in [5.74, 6) is -0.836. The van der Waals surface area contributed by atoms with E-state index in [1.54, 1.807) is 37.4 Å². The van der Waals surface area contributed by atoms with Crippen LogP contribution in [0.4, 0.5) is 0 Å². The number of halogens is 1. The van der Waals surface area contributed by atoms with Crippen molar-refractivity contribution in [2.75, 3.05) is 13.7 Å². The highest BCUT2D eigenvalue weighted by Crippen LogP contribution is 2.10. The zero-order chi connectivity index (χ0) is 15.7. The second kappa shape index (κ2) is 9.13. The molecule has 1 unspecified atom stereocenters. The molecule has 0 bridgehead atoms. The number of methoxy groups -OCH3 is 1. The van der Waals surface area contributed by atoms with Crippen molar-refractivity contribution < 1.29 is 19.1 Å². The van der Waals surface area contributed by atoms with Crippen molar-refractivity contribution in [3.05, 3.63) is 34.9 Å². The quantitative estimate of drug-likeness (QED) is 0.573. The summed E-state index contributed by atoms with van der Waals surface area (Å²) in [5.41, 5.74) is 0.812. The lowest BCUT2D eigenvalue weighted by atomic mass is 10.1. The first-order valence-electron chi connectivity index (χ1n) is 6.59. The number of esters is 2. The highest BCUT2D eigenvalue weighted by atomic mass is 35.5. The van der Waals surface area contributed by atoms with Crippen molar-refractivity contribution in [3.8, 4) is 0 Å². The van der Waals surface area contributed by atoms with Crippen molar-refractivity contribution in [1.82, 2.24) is 0 Å². The monoisotopic (exact) mass is 311 g/mol. The molecule has 0 aromatic heterocycles. The van der Waals surface area contributed by atoms with E-state index < -0.39 is 12.0 Å². The van der Waals surface area contributed by atoms with Crippen molar-refractivity contribution in [2.24, 2.45) is 4.99 Å². The van der Waals surface area contributed by atoms with Crippen LogP contribution in [0.1, 0.15) is 25.3 Å². The Labute approximate surface area is 128 Å². The summed E-state index contributed by atoms with van der Waals surface area (Å²) >= 11 is 5.80. The van der Waals surface area contributed by atoms with Gasteiger partial charge in [-0.1, -0.05) is 23.7 Å². The molecule has 1 aromatic rings. The second-order valence-electron chi connectivity index (χ2n) is 4.21. The molecule has 0 fully saturated rings. The van der Waals surface area contributed by atoms with Crippen LogP contribution >= 0.6 is 11.6 Å². The normalized spacial score (nSPS) is 12.1. The van der Waals surface area contributed by atoms with E-state index in [9.17, 15) is 9.59 Å². The van der Waals surface area contributed by atoms with Gasteiger partial charge in [0.25, 0.3) is 0 Å². The van der Waals surface area contributed by atoms with Gasteiger partial charge in [-0.05, 0) is 31.0 Å². The van der Waals surface area contributed by atoms with Gasteiger partial charge in [0.2, 0.25) is 0 Å². The molecular formula is C15H18ClNO4. The fourth-order valence-corrected chi connectivity index (χ4v) is 1.70. The van der Waals surface area contributed by atoms with Crippen LogP contribution in [0.2, 0.25) is 5.02 Å². The molecule has 0 saturated carbocycles. The molecule has 5 nitrogen and oxygen atoms in total. The fraction of sp³-hybridized carbons (Fsp3) is 0.400. The van der Waals surface area contributed by atoms with Crippen LogP contribution in [0.15, 0.2) is 29.3 Å². The van der Waals surface area contributed by atoms with E-state index in [1.165, 1.54) is 7.11 Å². The number of aliphatic imine (C=N–C) groups is 1. The molecule has 6 heteroatoms. The van der Waals surface area contributed by atoms with Gasteiger partial charge in [-0.15, -0.1) is 0 Å². The van der Waals surface area contributed by atoms with Gasteiger partial charge < -0.3 is 9.47 Å². The Bertz CT molecular complexity index is 499. The predicted octanol–water partition coefficient (Wildman–Crippen LogP) is 2.64. The number of hydrogen-bond acceptors (Lipinski definition) is 5. The SMILES string of the molecule is CCOC(=O)C(CCC(=O)OC)N=Cc1ccc(Cl)cc1. The largest absolute Gasteiger partial charge is 0.469 e. The van der Waals surface area contributed by atoms with Crippen molar-refractivity contribution in [2.45, 2.75) is 25.8 Å². The van der Waals surface area contributed by atoms with E-state index in [-0.39, 0.29) is 25.4 Å². The van der Waals surface area contributed by atoms with E-state index >= 15 is 0 Å². The highest BCUT2D eigenvalue weighted by molar-refractivity contribution is 6.30.